The van der Waals surface area contributed by atoms with Crippen LogP contribution in [0.25, 0.3) is 0 Å². The fourth-order valence-electron chi connectivity index (χ4n) is 3.20. The first kappa shape index (κ1) is 23.1. The number of nitrogens with zero attached hydrogens (tertiary/aromatic N) is 2. The fourth-order valence-corrected chi connectivity index (χ4v) is 3.20. The summed E-state index contributed by atoms with van der Waals surface area (Å²) in [7, 11) is 0. The Hall–Kier alpha value is -3.14. The molecule has 30 heavy (non-hydrogen) atoms. The maximum Gasteiger partial charge on any atom is 0.317 e. The van der Waals surface area contributed by atoms with Crippen LogP contribution >= 0.6 is 0 Å². The van der Waals surface area contributed by atoms with E-state index >= 15 is 0 Å². The molecule has 9 nitrogen and oxygen atoms in total. The Morgan fingerprint density at radius 3 is 1.77 bits per heavy atom. The van der Waals surface area contributed by atoms with Crippen molar-refractivity contribution in [2.45, 2.75) is 19.1 Å². The number of aliphatic carboxylic acids is 2. The molecule has 0 amide bonds. The lowest BCUT2D eigenvalue weighted by molar-refractivity contribution is -0.141. The van der Waals surface area contributed by atoms with E-state index in [-0.39, 0.29) is 37.7 Å². The molecule has 2 aromatic carbocycles. The number of para-hydroxylation sites is 2. The van der Waals surface area contributed by atoms with Gasteiger partial charge in [0.05, 0.1) is 19.7 Å². The normalized spacial score (nSPS) is 12.2. The molecule has 1 atom stereocenters. The number of carboxylic acids is 2. The second kappa shape index (κ2) is 11.1. The van der Waals surface area contributed by atoms with Crippen molar-refractivity contribution in [3.8, 4) is 11.5 Å². The molecule has 0 aliphatic carbocycles. The number of hydrogen-bond acceptors (Lipinski definition) is 7. The molecule has 5 N–H and O–H groups in total. The van der Waals surface area contributed by atoms with Crippen molar-refractivity contribution in [1.29, 1.82) is 0 Å². The molecule has 162 valence electrons. The lowest BCUT2D eigenvalue weighted by Crippen LogP contribution is -2.48. The second-order valence-corrected chi connectivity index (χ2v) is 6.96. The van der Waals surface area contributed by atoms with Crippen molar-refractivity contribution in [3.63, 3.8) is 0 Å². The van der Waals surface area contributed by atoms with Crippen LogP contribution in [0.2, 0.25) is 0 Å². The third kappa shape index (κ3) is 7.03. The maximum absolute atomic E-state index is 11.4. The predicted octanol–water partition coefficient (Wildman–Crippen LogP) is 0.932. The van der Waals surface area contributed by atoms with Crippen LogP contribution in [0.5, 0.6) is 11.5 Å². The van der Waals surface area contributed by atoms with Gasteiger partial charge in [0.25, 0.3) is 0 Å². The van der Waals surface area contributed by atoms with Crippen molar-refractivity contribution in [2.75, 3.05) is 26.2 Å². The van der Waals surface area contributed by atoms with Gasteiger partial charge in [-0.15, -0.1) is 0 Å². The SMILES string of the molecule is O=C(O)CN(Cc1ccccc1O)C[C@H](CO)N(CC(=O)O)Cc1ccccc1O. The highest BCUT2D eigenvalue weighted by atomic mass is 16.4. The standard InChI is InChI=1S/C21H26N2O7/c24-14-17(23(13-21(29)30)10-16-6-2-4-8-19(16)26)11-22(12-20(27)28)9-15-5-1-3-7-18(15)25/h1-8,17,24-26H,9-14H2,(H,27,28)(H,29,30)/t17-/m1/s1. The van der Waals surface area contributed by atoms with E-state index in [0.717, 1.165) is 0 Å². The summed E-state index contributed by atoms with van der Waals surface area (Å²) >= 11 is 0. The molecule has 2 rings (SSSR count). The topological polar surface area (TPSA) is 142 Å². The van der Waals surface area contributed by atoms with E-state index in [2.05, 4.69) is 0 Å². The summed E-state index contributed by atoms with van der Waals surface area (Å²) in [4.78, 5) is 25.7. The van der Waals surface area contributed by atoms with Crippen LogP contribution in [-0.4, -0.2) is 79.6 Å². The fraction of sp³-hybridized carbons (Fsp3) is 0.333. The van der Waals surface area contributed by atoms with Crippen LogP contribution in [0.1, 0.15) is 11.1 Å². The van der Waals surface area contributed by atoms with Crippen LogP contribution in [0.4, 0.5) is 0 Å². The van der Waals surface area contributed by atoms with Gasteiger partial charge < -0.3 is 25.5 Å². The predicted molar refractivity (Wildman–Crippen MR) is 108 cm³/mol. The first-order valence-corrected chi connectivity index (χ1v) is 9.34. The van der Waals surface area contributed by atoms with E-state index < -0.39 is 31.1 Å². The molecule has 0 saturated heterocycles. The minimum atomic E-state index is -1.12. The van der Waals surface area contributed by atoms with Gasteiger partial charge in [0, 0.05) is 36.8 Å². The van der Waals surface area contributed by atoms with Crippen molar-refractivity contribution in [3.05, 3.63) is 59.7 Å². The molecule has 0 radical (unpaired) electrons. The van der Waals surface area contributed by atoms with Gasteiger partial charge in [-0.1, -0.05) is 36.4 Å². The van der Waals surface area contributed by atoms with Crippen LogP contribution < -0.4 is 0 Å². The smallest absolute Gasteiger partial charge is 0.317 e. The number of aliphatic hydroxyl groups is 1. The summed E-state index contributed by atoms with van der Waals surface area (Å²) in [5.74, 6) is -2.19. The molecule has 2 aromatic rings. The van der Waals surface area contributed by atoms with E-state index in [1.807, 2.05) is 0 Å². The summed E-state index contributed by atoms with van der Waals surface area (Å²) in [6, 6.07) is 12.3. The van der Waals surface area contributed by atoms with Gasteiger partial charge in [0.15, 0.2) is 0 Å². The molecule has 0 heterocycles. The monoisotopic (exact) mass is 418 g/mol. The average Bonchev–Trinajstić information content (AvgIpc) is 2.68. The van der Waals surface area contributed by atoms with E-state index in [4.69, 9.17) is 0 Å². The number of phenolic OH excluding ortho intramolecular Hbond substituents is 2. The van der Waals surface area contributed by atoms with Crippen molar-refractivity contribution in [2.24, 2.45) is 0 Å². The number of carbonyl (C=O) groups is 2. The second-order valence-electron chi connectivity index (χ2n) is 6.96. The van der Waals surface area contributed by atoms with E-state index in [9.17, 15) is 35.1 Å². The van der Waals surface area contributed by atoms with Gasteiger partial charge >= 0.3 is 11.9 Å². The Bertz CT molecular complexity index is 859. The molecule has 0 aliphatic heterocycles. The number of aliphatic hydroxyl groups excluding tert-OH is 1. The Balaban J connectivity index is 2.23. The highest BCUT2D eigenvalue weighted by molar-refractivity contribution is 5.69. The lowest BCUT2D eigenvalue weighted by Gasteiger charge is -2.33. The molecule has 0 aromatic heterocycles. The number of phenols is 2. The average molecular weight is 418 g/mol. The summed E-state index contributed by atoms with van der Waals surface area (Å²) < 4.78 is 0. The highest BCUT2D eigenvalue weighted by Crippen LogP contribution is 2.21. The van der Waals surface area contributed by atoms with Crippen LogP contribution in [0.3, 0.4) is 0 Å². The van der Waals surface area contributed by atoms with Crippen molar-refractivity contribution >= 4 is 11.9 Å². The van der Waals surface area contributed by atoms with Crippen LogP contribution in [0, 0.1) is 0 Å². The number of benzene rings is 2. The zero-order chi connectivity index (χ0) is 22.1. The first-order valence-electron chi connectivity index (χ1n) is 9.34. The largest absolute Gasteiger partial charge is 0.508 e. The van der Waals surface area contributed by atoms with Gasteiger partial charge in [-0.25, -0.2) is 0 Å². The summed E-state index contributed by atoms with van der Waals surface area (Å²) in [5.41, 5.74) is 1.00. The van der Waals surface area contributed by atoms with Gasteiger partial charge in [-0.05, 0) is 12.1 Å². The lowest BCUT2D eigenvalue weighted by atomic mass is 10.1. The molecule has 0 fully saturated rings. The van der Waals surface area contributed by atoms with Crippen molar-refractivity contribution < 1.29 is 35.1 Å². The molecule has 9 heteroatoms. The summed E-state index contributed by atoms with van der Waals surface area (Å²) in [5, 5.41) is 48.5. The number of rotatable bonds is 12. The Labute approximate surface area is 174 Å². The quantitative estimate of drug-likeness (QED) is 0.340. The Kier molecular flexibility index (Phi) is 8.60. The minimum absolute atomic E-state index is 0.00109. The Morgan fingerprint density at radius 1 is 0.800 bits per heavy atom. The molecule has 0 spiro atoms. The van der Waals surface area contributed by atoms with Crippen LogP contribution in [0.15, 0.2) is 48.5 Å². The van der Waals surface area contributed by atoms with E-state index in [1.54, 1.807) is 36.4 Å². The first-order chi connectivity index (χ1) is 14.3. The third-order valence-corrected chi connectivity index (χ3v) is 4.64. The molecule has 0 unspecified atom stereocenters. The number of aromatic hydroxyl groups is 2. The number of hydrogen-bond donors (Lipinski definition) is 5. The maximum atomic E-state index is 11.4. The zero-order valence-corrected chi connectivity index (χ0v) is 16.4. The summed E-state index contributed by atoms with van der Waals surface area (Å²) in [6.45, 7) is -0.982. The van der Waals surface area contributed by atoms with E-state index in [0.29, 0.717) is 11.1 Å². The number of carboxylic acid groups (broad SMARTS) is 2. The Morgan fingerprint density at radius 2 is 1.30 bits per heavy atom. The molecule has 0 aliphatic rings. The van der Waals surface area contributed by atoms with Gasteiger partial charge in [-0.3, -0.25) is 19.4 Å². The van der Waals surface area contributed by atoms with Gasteiger partial charge in [0.2, 0.25) is 0 Å². The van der Waals surface area contributed by atoms with Crippen LogP contribution in [-0.2, 0) is 22.7 Å². The van der Waals surface area contributed by atoms with Gasteiger partial charge in [0.1, 0.15) is 11.5 Å². The summed E-state index contributed by atoms with van der Waals surface area (Å²) in [6.07, 6.45) is 0. The molecule has 0 saturated carbocycles. The molecular formula is C21H26N2O7. The molecule has 0 bridgehead atoms. The highest BCUT2D eigenvalue weighted by Gasteiger charge is 2.25. The van der Waals surface area contributed by atoms with Crippen molar-refractivity contribution in [1.82, 2.24) is 9.80 Å². The third-order valence-electron chi connectivity index (χ3n) is 4.64. The zero-order valence-electron chi connectivity index (χ0n) is 16.4. The van der Waals surface area contributed by atoms with Gasteiger partial charge in [-0.2, -0.15) is 0 Å². The minimum Gasteiger partial charge on any atom is -0.508 e. The van der Waals surface area contributed by atoms with E-state index in [1.165, 1.54) is 21.9 Å². The molecular weight excluding hydrogens is 392 g/mol.